The van der Waals surface area contributed by atoms with E-state index in [-0.39, 0.29) is 54.2 Å². The summed E-state index contributed by atoms with van der Waals surface area (Å²) in [6, 6.07) is 0. The molecule has 0 aromatic rings. The molecule has 1 heterocycles. The Kier molecular flexibility index (Phi) is 5.73. The molecule has 182 valence electrons. The van der Waals surface area contributed by atoms with Crippen molar-refractivity contribution in [2.24, 2.45) is 34.3 Å². The number of allylic oxidation sites excluding steroid dienone is 4. The fourth-order valence-corrected chi connectivity index (χ4v) is 8.26. The maximum Gasteiger partial charge on any atom is 0.193 e. The Morgan fingerprint density at radius 3 is 2.88 bits per heavy atom. The average molecular weight is 460 g/mol. The summed E-state index contributed by atoms with van der Waals surface area (Å²) in [5, 5.41) is 11.6. The van der Waals surface area contributed by atoms with Gasteiger partial charge in [-0.3, -0.25) is 9.59 Å². The van der Waals surface area contributed by atoms with Gasteiger partial charge in [-0.15, -0.1) is 0 Å². The molecule has 1 aliphatic heterocycles. The highest BCUT2D eigenvalue weighted by molar-refractivity contribution is 6.01. The zero-order chi connectivity index (χ0) is 23.6. The van der Waals surface area contributed by atoms with Gasteiger partial charge in [0, 0.05) is 16.7 Å². The van der Waals surface area contributed by atoms with Crippen LogP contribution in [0.2, 0.25) is 0 Å². The molecular formula is C26H37NO6. The van der Waals surface area contributed by atoms with E-state index in [1.807, 2.05) is 6.08 Å². The molecule has 3 N–H and O–H groups in total. The standard InChI is InChI=1S/C26H37NO6/c1-4-5-22-32-21-11-18-17-7-6-15-10-16(28)8-9-24(15,2)23(17)19(29)12-25(18,3)26(21,33-22)20(30)13-31-14-27/h8-10,17-19,21-23,29H,4-7,11-14,27H2,1-3H3/t17-,18?,19-,21+,22?,23?,24-,25-,26+/m0/s1. The zero-order valence-corrected chi connectivity index (χ0v) is 19.9. The minimum atomic E-state index is -1.13. The van der Waals surface area contributed by atoms with Crippen molar-refractivity contribution >= 4 is 11.6 Å². The summed E-state index contributed by atoms with van der Waals surface area (Å²) in [6.45, 7) is 6.20. The molecule has 7 heteroatoms. The third-order valence-electron chi connectivity index (χ3n) is 9.58. The van der Waals surface area contributed by atoms with Gasteiger partial charge in [0.25, 0.3) is 0 Å². The molecule has 7 nitrogen and oxygen atoms in total. The van der Waals surface area contributed by atoms with Gasteiger partial charge < -0.3 is 25.1 Å². The fraction of sp³-hybridized carbons (Fsp3) is 0.769. The van der Waals surface area contributed by atoms with Gasteiger partial charge >= 0.3 is 0 Å². The molecule has 0 bridgehead atoms. The molecule has 3 saturated carbocycles. The van der Waals surface area contributed by atoms with E-state index in [1.54, 1.807) is 12.2 Å². The number of aliphatic hydroxyl groups is 1. The summed E-state index contributed by atoms with van der Waals surface area (Å²) in [4.78, 5) is 25.7. The third-order valence-corrected chi connectivity index (χ3v) is 9.58. The number of carbonyl (C=O) groups is 2. The van der Waals surface area contributed by atoms with E-state index >= 15 is 0 Å². The minimum Gasteiger partial charge on any atom is -0.393 e. The second-order valence-corrected chi connectivity index (χ2v) is 11.1. The third kappa shape index (κ3) is 3.12. The molecule has 5 aliphatic rings. The molecule has 4 fully saturated rings. The van der Waals surface area contributed by atoms with Crippen LogP contribution in [0.1, 0.15) is 59.3 Å². The van der Waals surface area contributed by atoms with Crippen LogP contribution in [0.3, 0.4) is 0 Å². The lowest BCUT2D eigenvalue weighted by molar-refractivity contribution is -0.201. The van der Waals surface area contributed by atoms with Crippen molar-refractivity contribution in [1.29, 1.82) is 0 Å². The van der Waals surface area contributed by atoms with Crippen molar-refractivity contribution in [3.05, 3.63) is 23.8 Å². The van der Waals surface area contributed by atoms with Crippen molar-refractivity contribution < 1.29 is 28.9 Å². The largest absolute Gasteiger partial charge is 0.393 e. The predicted molar refractivity (Wildman–Crippen MR) is 121 cm³/mol. The fourth-order valence-electron chi connectivity index (χ4n) is 8.26. The van der Waals surface area contributed by atoms with Gasteiger partial charge in [-0.1, -0.05) is 38.8 Å². The molecular weight excluding hydrogens is 422 g/mol. The lowest BCUT2D eigenvalue weighted by Crippen LogP contribution is -2.63. The van der Waals surface area contributed by atoms with Crippen molar-refractivity contribution in [2.75, 3.05) is 13.3 Å². The first-order valence-corrected chi connectivity index (χ1v) is 12.5. The maximum absolute atomic E-state index is 13.7. The van der Waals surface area contributed by atoms with E-state index < -0.39 is 23.4 Å². The van der Waals surface area contributed by atoms with Gasteiger partial charge in [0.15, 0.2) is 23.5 Å². The van der Waals surface area contributed by atoms with Crippen LogP contribution >= 0.6 is 0 Å². The quantitative estimate of drug-likeness (QED) is 0.588. The van der Waals surface area contributed by atoms with Crippen LogP contribution < -0.4 is 5.73 Å². The van der Waals surface area contributed by atoms with Crippen LogP contribution in [0, 0.1) is 28.6 Å². The van der Waals surface area contributed by atoms with E-state index in [0.29, 0.717) is 6.42 Å². The first kappa shape index (κ1) is 23.4. The Morgan fingerprint density at radius 2 is 2.15 bits per heavy atom. The molecule has 5 rings (SSSR count). The van der Waals surface area contributed by atoms with E-state index in [0.717, 1.165) is 37.7 Å². The van der Waals surface area contributed by atoms with Crippen molar-refractivity contribution in [1.82, 2.24) is 0 Å². The first-order chi connectivity index (χ1) is 15.7. The molecule has 9 atom stereocenters. The molecule has 0 amide bonds. The van der Waals surface area contributed by atoms with Gasteiger partial charge in [-0.05, 0) is 56.1 Å². The SMILES string of the molecule is CCCC1O[C@@H]2CC3[C@@H]4CCC5=CC(=O)C=C[C@]5(C)C4[C@@H](O)C[C@]3(C)[C@]2(C(=O)COCN)O1. The Balaban J connectivity index is 1.53. The van der Waals surface area contributed by atoms with Gasteiger partial charge in [-0.2, -0.15) is 0 Å². The number of ether oxygens (including phenoxy) is 3. The Bertz CT molecular complexity index is 899. The number of rotatable bonds is 6. The smallest absolute Gasteiger partial charge is 0.193 e. The molecule has 0 aromatic heterocycles. The van der Waals surface area contributed by atoms with Gasteiger partial charge in [-0.25, -0.2) is 0 Å². The zero-order valence-electron chi connectivity index (χ0n) is 19.9. The van der Waals surface area contributed by atoms with Crippen LogP contribution in [-0.2, 0) is 23.8 Å². The van der Waals surface area contributed by atoms with Crippen LogP contribution in [0.5, 0.6) is 0 Å². The molecule has 3 unspecified atom stereocenters. The highest BCUT2D eigenvalue weighted by Gasteiger charge is 2.75. The normalized spacial score (nSPS) is 48.0. The summed E-state index contributed by atoms with van der Waals surface area (Å²) >= 11 is 0. The molecule has 0 aromatic carbocycles. The summed E-state index contributed by atoms with van der Waals surface area (Å²) in [5.74, 6) is 0.279. The first-order valence-electron chi connectivity index (χ1n) is 12.5. The number of hydrogen-bond acceptors (Lipinski definition) is 7. The topological polar surface area (TPSA) is 108 Å². The molecule has 4 aliphatic carbocycles. The second kappa shape index (κ2) is 8.09. The highest BCUT2D eigenvalue weighted by atomic mass is 16.7. The Morgan fingerprint density at radius 1 is 1.36 bits per heavy atom. The number of hydrogen-bond donors (Lipinski definition) is 2. The number of ketones is 2. The lowest BCUT2D eigenvalue weighted by Gasteiger charge is -2.59. The monoisotopic (exact) mass is 459 g/mol. The van der Waals surface area contributed by atoms with Gasteiger partial charge in [0.05, 0.1) is 18.9 Å². The van der Waals surface area contributed by atoms with E-state index in [1.165, 1.54) is 0 Å². The molecule has 0 spiro atoms. The van der Waals surface area contributed by atoms with Gasteiger partial charge in [0.1, 0.15) is 6.61 Å². The number of nitrogens with two attached hydrogens (primary N) is 1. The number of carbonyl (C=O) groups excluding carboxylic acids is 2. The van der Waals surface area contributed by atoms with E-state index in [2.05, 4.69) is 20.8 Å². The predicted octanol–water partition coefficient (Wildman–Crippen LogP) is 2.66. The minimum absolute atomic E-state index is 0.00219. The van der Waals surface area contributed by atoms with Gasteiger partial charge in [0.2, 0.25) is 0 Å². The number of Topliss-reactive ketones (excluding diaryl/α,β-unsaturated/α-hetero) is 1. The van der Waals surface area contributed by atoms with Crippen LogP contribution in [0.25, 0.3) is 0 Å². The van der Waals surface area contributed by atoms with Crippen LogP contribution in [-0.4, -0.2) is 54.1 Å². The highest BCUT2D eigenvalue weighted by Crippen LogP contribution is 2.69. The number of fused-ring (bicyclic) bond motifs is 7. The summed E-state index contributed by atoms with van der Waals surface area (Å²) < 4.78 is 18.3. The maximum atomic E-state index is 13.7. The summed E-state index contributed by atoms with van der Waals surface area (Å²) in [6.07, 6.45) is 8.55. The van der Waals surface area contributed by atoms with E-state index in [9.17, 15) is 14.7 Å². The second-order valence-electron chi connectivity index (χ2n) is 11.1. The summed E-state index contributed by atoms with van der Waals surface area (Å²) in [5.41, 5.74) is 4.60. The number of aliphatic hydroxyl groups excluding tert-OH is 1. The summed E-state index contributed by atoms with van der Waals surface area (Å²) in [7, 11) is 0. The van der Waals surface area contributed by atoms with Crippen LogP contribution in [0.15, 0.2) is 23.8 Å². The molecule has 0 radical (unpaired) electrons. The van der Waals surface area contributed by atoms with Crippen molar-refractivity contribution in [3.63, 3.8) is 0 Å². The molecule has 33 heavy (non-hydrogen) atoms. The van der Waals surface area contributed by atoms with Crippen LogP contribution in [0.4, 0.5) is 0 Å². The van der Waals surface area contributed by atoms with Crippen molar-refractivity contribution in [3.8, 4) is 0 Å². The van der Waals surface area contributed by atoms with E-state index in [4.69, 9.17) is 19.9 Å². The lowest BCUT2D eigenvalue weighted by atomic mass is 9.46. The van der Waals surface area contributed by atoms with Crippen molar-refractivity contribution in [2.45, 2.75) is 83.4 Å². The Hall–Kier alpha value is -1.38. The Labute approximate surface area is 195 Å². The average Bonchev–Trinajstić information content (AvgIpc) is 3.25. The molecule has 1 saturated heterocycles.